The Morgan fingerprint density at radius 2 is 2.31 bits per heavy atom. The summed E-state index contributed by atoms with van der Waals surface area (Å²) in [5.74, 6) is -0.178. The van der Waals surface area contributed by atoms with Crippen molar-refractivity contribution in [1.29, 1.82) is 0 Å². The summed E-state index contributed by atoms with van der Waals surface area (Å²) >= 11 is 3.48. The average Bonchev–Trinajstić information content (AvgIpc) is 2.46. The SMILES string of the molecule is CC1CN(c2cc(F)ccc2Br)CCCN1. The summed E-state index contributed by atoms with van der Waals surface area (Å²) in [6.07, 6.45) is 1.09. The fourth-order valence-electron chi connectivity index (χ4n) is 2.05. The highest BCUT2D eigenvalue weighted by Gasteiger charge is 2.16. The Kier molecular flexibility index (Phi) is 3.82. The highest BCUT2D eigenvalue weighted by Crippen LogP contribution is 2.27. The van der Waals surface area contributed by atoms with Gasteiger partial charge in [-0.3, -0.25) is 0 Å². The summed E-state index contributed by atoms with van der Waals surface area (Å²) in [6.45, 7) is 5.08. The molecule has 0 radical (unpaired) electrons. The van der Waals surface area contributed by atoms with E-state index in [4.69, 9.17) is 0 Å². The van der Waals surface area contributed by atoms with Crippen molar-refractivity contribution in [3.63, 3.8) is 0 Å². The largest absolute Gasteiger partial charge is 0.369 e. The summed E-state index contributed by atoms with van der Waals surface area (Å²) in [4.78, 5) is 2.23. The molecule has 16 heavy (non-hydrogen) atoms. The fourth-order valence-corrected chi connectivity index (χ4v) is 2.55. The third-order valence-electron chi connectivity index (χ3n) is 2.84. The van der Waals surface area contributed by atoms with Gasteiger partial charge in [-0.15, -0.1) is 0 Å². The Bertz CT molecular complexity index is 370. The van der Waals surface area contributed by atoms with Crippen LogP contribution in [0.1, 0.15) is 13.3 Å². The highest BCUT2D eigenvalue weighted by molar-refractivity contribution is 9.10. The lowest BCUT2D eigenvalue weighted by Gasteiger charge is -2.25. The van der Waals surface area contributed by atoms with Crippen molar-refractivity contribution >= 4 is 21.6 Å². The number of nitrogens with one attached hydrogen (secondary N) is 1. The molecule has 2 nitrogen and oxygen atoms in total. The smallest absolute Gasteiger partial charge is 0.125 e. The van der Waals surface area contributed by atoms with E-state index >= 15 is 0 Å². The lowest BCUT2D eigenvalue weighted by molar-refractivity contribution is 0.583. The zero-order chi connectivity index (χ0) is 11.5. The van der Waals surface area contributed by atoms with Crippen molar-refractivity contribution in [2.24, 2.45) is 0 Å². The molecule has 1 N–H and O–H groups in total. The van der Waals surface area contributed by atoms with E-state index in [1.807, 2.05) is 0 Å². The van der Waals surface area contributed by atoms with Crippen LogP contribution in [-0.4, -0.2) is 25.7 Å². The number of benzene rings is 1. The van der Waals surface area contributed by atoms with Crippen LogP contribution in [0.25, 0.3) is 0 Å². The molecular weight excluding hydrogens is 271 g/mol. The van der Waals surface area contributed by atoms with Crippen molar-refractivity contribution < 1.29 is 4.39 Å². The summed E-state index contributed by atoms with van der Waals surface area (Å²) in [5.41, 5.74) is 0.954. The minimum Gasteiger partial charge on any atom is -0.369 e. The molecule has 1 aliphatic rings. The maximum absolute atomic E-state index is 13.2. The fraction of sp³-hybridized carbons (Fsp3) is 0.500. The molecule has 1 aliphatic heterocycles. The molecule has 0 aromatic heterocycles. The lowest BCUT2D eigenvalue weighted by atomic mass is 10.2. The molecule has 1 atom stereocenters. The first-order chi connectivity index (χ1) is 7.66. The van der Waals surface area contributed by atoms with Gasteiger partial charge < -0.3 is 10.2 Å². The van der Waals surface area contributed by atoms with Gasteiger partial charge in [0.1, 0.15) is 5.82 Å². The summed E-state index contributed by atoms with van der Waals surface area (Å²) < 4.78 is 14.2. The molecule has 0 bridgehead atoms. The average molecular weight is 287 g/mol. The molecule has 88 valence electrons. The second kappa shape index (κ2) is 5.15. The third-order valence-corrected chi connectivity index (χ3v) is 3.51. The van der Waals surface area contributed by atoms with Crippen LogP contribution < -0.4 is 10.2 Å². The first-order valence-corrected chi connectivity index (χ1v) is 6.39. The minimum absolute atomic E-state index is 0.178. The number of hydrogen-bond donors (Lipinski definition) is 1. The van der Waals surface area contributed by atoms with Gasteiger partial charge in [0, 0.05) is 23.6 Å². The van der Waals surface area contributed by atoms with Crippen LogP contribution in [0.15, 0.2) is 22.7 Å². The number of halogens is 2. The Balaban J connectivity index is 2.24. The quantitative estimate of drug-likeness (QED) is 0.854. The number of hydrogen-bond acceptors (Lipinski definition) is 2. The van der Waals surface area contributed by atoms with E-state index in [1.165, 1.54) is 6.07 Å². The van der Waals surface area contributed by atoms with Crippen molar-refractivity contribution in [2.75, 3.05) is 24.5 Å². The van der Waals surface area contributed by atoms with Crippen LogP contribution in [0.3, 0.4) is 0 Å². The Morgan fingerprint density at radius 3 is 3.12 bits per heavy atom. The molecule has 0 saturated carbocycles. The number of nitrogens with zero attached hydrogens (tertiary/aromatic N) is 1. The predicted octanol–water partition coefficient (Wildman–Crippen LogP) is 2.78. The van der Waals surface area contributed by atoms with Gasteiger partial charge in [0.05, 0.1) is 5.69 Å². The van der Waals surface area contributed by atoms with Crippen LogP contribution in [-0.2, 0) is 0 Å². The molecule has 1 heterocycles. The zero-order valence-electron chi connectivity index (χ0n) is 9.34. The molecule has 1 fully saturated rings. The van der Waals surface area contributed by atoms with E-state index in [0.717, 1.165) is 36.2 Å². The first-order valence-electron chi connectivity index (χ1n) is 5.60. The Labute approximate surface area is 104 Å². The van der Waals surface area contributed by atoms with Gasteiger partial charge in [-0.1, -0.05) is 0 Å². The molecule has 1 aromatic rings. The normalized spacial score (nSPS) is 21.9. The molecule has 0 amide bonds. The molecule has 0 aliphatic carbocycles. The van der Waals surface area contributed by atoms with Crippen LogP contribution in [0.5, 0.6) is 0 Å². The van der Waals surface area contributed by atoms with E-state index in [0.29, 0.717) is 6.04 Å². The molecule has 4 heteroatoms. The van der Waals surface area contributed by atoms with Crippen molar-refractivity contribution in [3.8, 4) is 0 Å². The van der Waals surface area contributed by atoms with Gasteiger partial charge in [0.25, 0.3) is 0 Å². The highest BCUT2D eigenvalue weighted by atomic mass is 79.9. The first kappa shape index (κ1) is 11.9. The molecule has 0 spiro atoms. The second-order valence-electron chi connectivity index (χ2n) is 4.25. The van der Waals surface area contributed by atoms with Crippen LogP contribution in [0, 0.1) is 5.82 Å². The van der Waals surface area contributed by atoms with E-state index in [-0.39, 0.29) is 5.82 Å². The maximum atomic E-state index is 13.2. The Hall–Kier alpha value is -0.610. The van der Waals surface area contributed by atoms with E-state index in [2.05, 4.69) is 33.1 Å². The van der Waals surface area contributed by atoms with Gasteiger partial charge in [0.15, 0.2) is 0 Å². The van der Waals surface area contributed by atoms with E-state index in [1.54, 1.807) is 12.1 Å². The Morgan fingerprint density at radius 1 is 1.50 bits per heavy atom. The topological polar surface area (TPSA) is 15.3 Å². The summed E-state index contributed by atoms with van der Waals surface area (Å²) in [5, 5.41) is 3.43. The summed E-state index contributed by atoms with van der Waals surface area (Å²) in [6, 6.07) is 5.29. The maximum Gasteiger partial charge on any atom is 0.125 e. The third kappa shape index (κ3) is 2.74. The second-order valence-corrected chi connectivity index (χ2v) is 5.10. The minimum atomic E-state index is -0.178. The van der Waals surface area contributed by atoms with Crippen LogP contribution in [0.4, 0.5) is 10.1 Å². The van der Waals surface area contributed by atoms with Crippen LogP contribution in [0.2, 0.25) is 0 Å². The van der Waals surface area contributed by atoms with Gasteiger partial charge in [-0.2, -0.15) is 0 Å². The zero-order valence-corrected chi connectivity index (χ0v) is 10.9. The van der Waals surface area contributed by atoms with E-state index in [9.17, 15) is 4.39 Å². The van der Waals surface area contributed by atoms with Gasteiger partial charge in [0.2, 0.25) is 0 Å². The molecule has 1 aromatic carbocycles. The van der Waals surface area contributed by atoms with Crippen LogP contribution >= 0.6 is 15.9 Å². The lowest BCUT2D eigenvalue weighted by Crippen LogP contribution is -2.35. The van der Waals surface area contributed by atoms with Gasteiger partial charge in [-0.25, -0.2) is 4.39 Å². The molecule has 2 rings (SSSR count). The predicted molar refractivity (Wildman–Crippen MR) is 68.4 cm³/mol. The van der Waals surface area contributed by atoms with Crippen molar-refractivity contribution in [1.82, 2.24) is 5.32 Å². The number of rotatable bonds is 1. The monoisotopic (exact) mass is 286 g/mol. The summed E-state index contributed by atoms with van der Waals surface area (Å²) in [7, 11) is 0. The van der Waals surface area contributed by atoms with Crippen molar-refractivity contribution in [2.45, 2.75) is 19.4 Å². The standard InChI is InChI=1S/C12H16BrFN2/c1-9-8-16(6-2-5-15-9)12-7-10(14)3-4-11(12)13/h3-4,7,9,15H,2,5-6,8H2,1H3. The molecule has 1 saturated heterocycles. The molecular formula is C12H16BrFN2. The van der Waals surface area contributed by atoms with Crippen molar-refractivity contribution in [3.05, 3.63) is 28.5 Å². The van der Waals surface area contributed by atoms with E-state index < -0.39 is 0 Å². The molecule has 1 unspecified atom stereocenters. The number of anilines is 1. The van der Waals surface area contributed by atoms with Gasteiger partial charge >= 0.3 is 0 Å². The van der Waals surface area contributed by atoms with Gasteiger partial charge in [-0.05, 0) is 54.0 Å².